The zero-order chi connectivity index (χ0) is 15.8. The first-order valence-electron chi connectivity index (χ1n) is 7.51. The number of nitrogens with zero attached hydrogens (tertiary/aromatic N) is 1. The average Bonchev–Trinajstić information content (AvgIpc) is 3.19. The molecule has 0 atom stereocenters. The van der Waals surface area contributed by atoms with E-state index in [1.54, 1.807) is 17.1 Å². The van der Waals surface area contributed by atoms with Crippen molar-refractivity contribution in [1.29, 1.82) is 0 Å². The Bertz CT molecular complexity index is 924. The molecule has 0 fully saturated rings. The molecule has 1 aliphatic carbocycles. The second-order valence-corrected chi connectivity index (χ2v) is 5.52. The van der Waals surface area contributed by atoms with Crippen molar-refractivity contribution < 1.29 is 9.47 Å². The van der Waals surface area contributed by atoms with Gasteiger partial charge in [-0.1, -0.05) is 43.0 Å². The molecule has 1 heterocycles. The monoisotopic (exact) mass is 302 g/mol. The summed E-state index contributed by atoms with van der Waals surface area (Å²) < 4.78 is 1.70. The Morgan fingerprint density at radius 1 is 1.17 bits per heavy atom. The Hall–Kier alpha value is -3.14. The van der Waals surface area contributed by atoms with Crippen LogP contribution in [0.2, 0.25) is 0 Å². The molecule has 0 spiro atoms. The smallest absolute Gasteiger partial charge is 0.281 e. The predicted molar refractivity (Wildman–Crippen MR) is 89.2 cm³/mol. The molecule has 23 heavy (non-hydrogen) atoms. The summed E-state index contributed by atoms with van der Waals surface area (Å²) in [5.41, 5.74) is 9.44. The third-order valence-electron chi connectivity index (χ3n) is 4.20. The Balaban J connectivity index is 1.75. The van der Waals surface area contributed by atoms with Crippen molar-refractivity contribution in [2.75, 3.05) is 5.43 Å². The lowest BCUT2D eigenvalue weighted by Crippen LogP contribution is -2.45. The van der Waals surface area contributed by atoms with Gasteiger partial charge in [-0.2, -0.15) is 0 Å². The fourth-order valence-electron chi connectivity index (χ4n) is 3.11. The number of imidazole rings is 1. The van der Waals surface area contributed by atoms with Crippen molar-refractivity contribution in [3.63, 3.8) is 0 Å². The number of allylic oxidation sites excluding steroid dienone is 1. The van der Waals surface area contributed by atoms with Crippen molar-refractivity contribution in [2.45, 2.75) is 6.42 Å². The third-order valence-corrected chi connectivity index (χ3v) is 4.20. The number of aromatic amines is 1. The van der Waals surface area contributed by atoms with Crippen LogP contribution in [0.25, 0.3) is 11.1 Å². The topological polar surface area (TPSA) is 48.8 Å². The van der Waals surface area contributed by atoms with Gasteiger partial charge in [-0.05, 0) is 34.4 Å². The molecule has 0 amide bonds. The molecule has 3 aromatic rings. The second-order valence-electron chi connectivity index (χ2n) is 5.52. The van der Waals surface area contributed by atoms with E-state index in [1.807, 2.05) is 12.1 Å². The summed E-state index contributed by atoms with van der Waals surface area (Å²) in [5, 5.41) is 0. The minimum atomic E-state index is -0.154. The van der Waals surface area contributed by atoms with Crippen molar-refractivity contribution >= 4 is 11.5 Å². The van der Waals surface area contributed by atoms with E-state index in [1.165, 1.54) is 28.3 Å². The molecule has 1 aliphatic rings. The summed E-state index contributed by atoms with van der Waals surface area (Å²) in [6, 6.07) is 14.7. The van der Waals surface area contributed by atoms with Gasteiger partial charge in [-0.25, -0.2) is 10.4 Å². The number of fused-ring (bicyclic) bond motifs is 3. The first-order chi connectivity index (χ1) is 11.3. The van der Waals surface area contributed by atoms with E-state index in [9.17, 15) is 4.79 Å². The van der Waals surface area contributed by atoms with E-state index in [2.05, 4.69) is 47.3 Å². The van der Waals surface area contributed by atoms with Gasteiger partial charge >= 0.3 is 5.82 Å². The summed E-state index contributed by atoms with van der Waals surface area (Å²) in [6.07, 6.45) is 5.71. The van der Waals surface area contributed by atoms with Crippen molar-refractivity contribution in [3.05, 3.63) is 84.5 Å². The maximum Gasteiger partial charge on any atom is 0.351 e. The van der Waals surface area contributed by atoms with Gasteiger partial charge in [0.1, 0.15) is 6.20 Å². The van der Waals surface area contributed by atoms with Crippen LogP contribution < -0.4 is 10.1 Å². The number of benzene rings is 2. The van der Waals surface area contributed by atoms with Crippen molar-refractivity contribution in [1.82, 2.24) is 4.98 Å². The fourth-order valence-corrected chi connectivity index (χ4v) is 3.11. The highest BCUT2D eigenvalue weighted by Crippen LogP contribution is 2.39. The molecular formula is C19H16N3O+. The number of aromatic nitrogens is 2. The van der Waals surface area contributed by atoms with E-state index in [-0.39, 0.29) is 5.78 Å². The Kier molecular flexibility index (Phi) is 3.08. The molecule has 0 bridgehead atoms. The van der Waals surface area contributed by atoms with Crippen LogP contribution in [0.15, 0.2) is 67.5 Å². The highest BCUT2D eigenvalue weighted by molar-refractivity contribution is 6.00. The van der Waals surface area contributed by atoms with Crippen molar-refractivity contribution in [3.8, 4) is 11.1 Å². The van der Waals surface area contributed by atoms with E-state index >= 15 is 0 Å². The molecule has 4 nitrogen and oxygen atoms in total. The third kappa shape index (κ3) is 2.16. The van der Waals surface area contributed by atoms with Gasteiger partial charge in [-0.15, -0.1) is 4.68 Å². The lowest BCUT2D eigenvalue weighted by molar-refractivity contribution is -0.643. The van der Waals surface area contributed by atoms with Gasteiger partial charge in [0, 0.05) is 6.42 Å². The number of nitrogens with one attached hydrogen (secondary N) is 2. The molecule has 112 valence electrons. The molecule has 0 saturated carbocycles. The van der Waals surface area contributed by atoms with Crippen LogP contribution in [0, 0.1) is 0 Å². The summed E-state index contributed by atoms with van der Waals surface area (Å²) >= 11 is 0. The van der Waals surface area contributed by atoms with Crippen LogP contribution in [0.5, 0.6) is 0 Å². The van der Waals surface area contributed by atoms with E-state index in [0.29, 0.717) is 5.82 Å². The maximum absolute atomic E-state index is 11.9. The van der Waals surface area contributed by atoms with Crippen molar-refractivity contribution in [2.24, 2.45) is 0 Å². The molecule has 4 rings (SSSR count). The van der Waals surface area contributed by atoms with Gasteiger partial charge < -0.3 is 0 Å². The fraction of sp³-hybridized carbons (Fsp3) is 0.0526. The largest absolute Gasteiger partial charge is 0.351 e. The number of rotatable bonds is 4. The molecule has 1 aromatic heterocycles. The first-order valence-corrected chi connectivity index (χ1v) is 7.51. The maximum atomic E-state index is 11.9. The average molecular weight is 302 g/mol. The number of hydrogen-bond donors (Lipinski definition) is 2. The van der Waals surface area contributed by atoms with Gasteiger partial charge in [0.15, 0.2) is 6.20 Å². The SMILES string of the molecule is C=CC(=O)c1[nH]cc[n+]1Nc1cccc2c1Cc1ccccc1-2. The normalized spacial score (nSPS) is 11.7. The van der Waals surface area contributed by atoms with Crippen LogP contribution in [-0.2, 0) is 6.42 Å². The van der Waals surface area contributed by atoms with E-state index in [0.717, 1.165) is 12.1 Å². The minimum absolute atomic E-state index is 0.154. The minimum Gasteiger partial charge on any atom is -0.281 e. The van der Waals surface area contributed by atoms with Crippen LogP contribution in [-0.4, -0.2) is 10.8 Å². The highest BCUT2D eigenvalue weighted by atomic mass is 16.1. The van der Waals surface area contributed by atoms with Gasteiger partial charge in [-0.3, -0.25) is 4.79 Å². The first kappa shape index (κ1) is 13.5. The van der Waals surface area contributed by atoms with Gasteiger partial charge in [0.25, 0.3) is 5.78 Å². The van der Waals surface area contributed by atoms with Gasteiger partial charge in [0.2, 0.25) is 0 Å². The molecular weight excluding hydrogens is 286 g/mol. The lowest BCUT2D eigenvalue weighted by Gasteiger charge is -2.09. The van der Waals surface area contributed by atoms with Crippen LogP contribution >= 0.6 is 0 Å². The Morgan fingerprint density at radius 3 is 2.87 bits per heavy atom. The summed E-state index contributed by atoms with van der Waals surface area (Å²) in [6.45, 7) is 3.54. The van der Waals surface area contributed by atoms with E-state index in [4.69, 9.17) is 0 Å². The number of ketones is 1. The van der Waals surface area contributed by atoms with Crippen LogP contribution in [0.3, 0.4) is 0 Å². The number of carbonyl (C=O) groups excluding carboxylic acids is 1. The predicted octanol–water partition coefficient (Wildman–Crippen LogP) is 3.12. The van der Waals surface area contributed by atoms with Crippen LogP contribution in [0.4, 0.5) is 5.69 Å². The summed E-state index contributed by atoms with van der Waals surface area (Å²) in [4.78, 5) is 14.8. The summed E-state index contributed by atoms with van der Waals surface area (Å²) in [5.74, 6) is 0.298. The number of hydrogen-bond acceptors (Lipinski definition) is 2. The summed E-state index contributed by atoms with van der Waals surface area (Å²) in [7, 11) is 0. The zero-order valence-corrected chi connectivity index (χ0v) is 12.5. The lowest BCUT2D eigenvalue weighted by atomic mass is 10.1. The molecule has 0 saturated heterocycles. The van der Waals surface area contributed by atoms with E-state index < -0.39 is 0 Å². The molecule has 0 radical (unpaired) electrons. The highest BCUT2D eigenvalue weighted by Gasteiger charge is 2.23. The zero-order valence-electron chi connectivity index (χ0n) is 12.5. The molecule has 2 aromatic carbocycles. The molecule has 0 unspecified atom stereocenters. The Labute approximate surface area is 134 Å². The number of anilines is 1. The Morgan fingerprint density at radius 2 is 2.00 bits per heavy atom. The van der Waals surface area contributed by atoms with Gasteiger partial charge in [0.05, 0.1) is 5.69 Å². The molecule has 2 N–H and O–H groups in total. The number of H-pyrrole nitrogens is 1. The standard InChI is InChI=1S/C19H15N3O/c1-2-18(23)19-20-10-11-22(19)21-17-9-5-8-15-14-7-4-3-6-13(14)12-16(15)17/h2-11,21H,1,12H2/p+1. The number of carbonyl (C=O) groups is 1. The molecule has 0 aliphatic heterocycles. The second kappa shape index (κ2) is 5.25. The van der Waals surface area contributed by atoms with Crippen LogP contribution in [0.1, 0.15) is 21.7 Å². The quantitative estimate of drug-likeness (QED) is 0.346. The molecule has 4 heteroatoms.